The molecule has 0 bridgehead atoms. The number of nitrogens with zero attached hydrogens (tertiary/aromatic N) is 3. The number of aryl methyl sites for hydroxylation is 1. The molecule has 0 atom stereocenters. The molecule has 2 aromatic rings. The maximum atomic E-state index is 4.54. The number of aromatic nitrogens is 1. The third-order valence-corrected chi connectivity index (χ3v) is 5.79. The highest BCUT2D eigenvalue weighted by Gasteiger charge is 2.14. The zero-order valence-electron chi connectivity index (χ0n) is 11.9. The Kier molecular flexibility index (Phi) is 4.48. The van der Waals surface area contributed by atoms with Crippen molar-refractivity contribution in [1.82, 2.24) is 20.3 Å². The van der Waals surface area contributed by atoms with Crippen molar-refractivity contribution in [1.29, 1.82) is 0 Å². The molecule has 2 aromatic heterocycles. The molecule has 3 heterocycles. The molecule has 0 unspecified atom stereocenters. The van der Waals surface area contributed by atoms with Crippen LogP contribution in [0.5, 0.6) is 0 Å². The van der Waals surface area contributed by atoms with Crippen LogP contribution in [0.2, 0.25) is 0 Å². The largest absolute Gasteiger partial charge is 0.304 e. The van der Waals surface area contributed by atoms with Gasteiger partial charge in [0.15, 0.2) is 0 Å². The number of thiazole rings is 1. The van der Waals surface area contributed by atoms with E-state index in [1.807, 2.05) is 6.20 Å². The molecule has 1 N–H and O–H groups in total. The molecule has 1 aliphatic rings. The van der Waals surface area contributed by atoms with Crippen molar-refractivity contribution in [3.8, 4) is 9.75 Å². The highest BCUT2D eigenvalue weighted by atomic mass is 32.1. The van der Waals surface area contributed by atoms with Gasteiger partial charge in [-0.1, -0.05) is 0 Å². The fourth-order valence-corrected chi connectivity index (χ4v) is 4.22. The molecule has 1 saturated heterocycles. The number of piperazine rings is 1. The van der Waals surface area contributed by atoms with E-state index >= 15 is 0 Å². The molecular weight excluding hydrogens is 288 g/mol. The highest BCUT2D eigenvalue weighted by Crippen LogP contribution is 2.33. The summed E-state index contributed by atoms with van der Waals surface area (Å²) >= 11 is 3.59. The minimum atomic E-state index is 0.832. The third kappa shape index (κ3) is 3.27. The molecule has 0 aromatic carbocycles. The predicted molar refractivity (Wildman–Crippen MR) is 86.1 cm³/mol. The molecule has 108 valence electrons. The topological polar surface area (TPSA) is 31.4 Å². The molecule has 0 amide bonds. The molecule has 1 aliphatic heterocycles. The van der Waals surface area contributed by atoms with Gasteiger partial charge in [-0.05, 0) is 31.0 Å². The molecule has 6 heteroatoms. The predicted octanol–water partition coefficient (Wildman–Crippen LogP) is 2.43. The summed E-state index contributed by atoms with van der Waals surface area (Å²) in [5.74, 6) is 0. The third-order valence-electron chi connectivity index (χ3n) is 3.60. The maximum Gasteiger partial charge on any atom is 0.108 e. The van der Waals surface area contributed by atoms with E-state index in [0.717, 1.165) is 37.7 Å². The molecule has 4 nitrogen and oxygen atoms in total. The Labute approximate surface area is 128 Å². The molecule has 1 fully saturated rings. The van der Waals surface area contributed by atoms with Crippen LogP contribution in [0, 0.1) is 6.92 Å². The molecule has 3 rings (SSSR count). The molecule has 0 saturated carbocycles. The second-order valence-corrected chi connectivity index (χ2v) is 7.21. The minimum Gasteiger partial charge on any atom is -0.304 e. The van der Waals surface area contributed by atoms with Crippen LogP contribution in [-0.4, -0.2) is 48.1 Å². The summed E-state index contributed by atoms with van der Waals surface area (Å²) in [5.41, 5.74) is 4.83. The van der Waals surface area contributed by atoms with Crippen LogP contribution in [0.25, 0.3) is 9.75 Å². The molecule has 0 aliphatic carbocycles. The Morgan fingerprint density at radius 3 is 2.80 bits per heavy atom. The fraction of sp³-hybridized carbons (Fsp3) is 0.500. The normalized spacial score (nSPS) is 17.7. The Balaban J connectivity index is 1.57. The van der Waals surface area contributed by atoms with Gasteiger partial charge in [-0.25, -0.2) is 15.4 Å². The molecule has 20 heavy (non-hydrogen) atoms. The quantitative estimate of drug-likeness (QED) is 0.940. The lowest BCUT2D eigenvalue weighted by molar-refractivity contribution is 0.102. The van der Waals surface area contributed by atoms with Crippen molar-refractivity contribution in [2.24, 2.45) is 0 Å². The van der Waals surface area contributed by atoms with E-state index in [-0.39, 0.29) is 0 Å². The van der Waals surface area contributed by atoms with Crippen LogP contribution in [0.1, 0.15) is 10.6 Å². The van der Waals surface area contributed by atoms with Crippen molar-refractivity contribution < 1.29 is 0 Å². The van der Waals surface area contributed by atoms with Crippen molar-refractivity contribution in [3.05, 3.63) is 28.2 Å². The second-order valence-electron chi connectivity index (χ2n) is 5.18. The lowest BCUT2D eigenvalue weighted by Gasteiger charge is -2.32. The van der Waals surface area contributed by atoms with Crippen LogP contribution in [0.15, 0.2) is 17.6 Å². The number of likely N-dealkylation sites (N-methyl/N-ethyl adjacent to an activating group) is 1. The van der Waals surface area contributed by atoms with Gasteiger partial charge in [-0.2, -0.15) is 0 Å². The monoisotopic (exact) mass is 308 g/mol. The van der Waals surface area contributed by atoms with E-state index in [9.17, 15) is 0 Å². The summed E-state index contributed by atoms with van der Waals surface area (Å²) in [4.78, 5) is 9.54. The highest BCUT2D eigenvalue weighted by molar-refractivity contribution is 7.21. The van der Waals surface area contributed by atoms with Crippen LogP contribution in [0.4, 0.5) is 0 Å². The van der Waals surface area contributed by atoms with E-state index in [4.69, 9.17) is 0 Å². The van der Waals surface area contributed by atoms with Crippen LogP contribution < -0.4 is 5.43 Å². The van der Waals surface area contributed by atoms with E-state index in [2.05, 4.69) is 45.7 Å². The van der Waals surface area contributed by atoms with Gasteiger partial charge < -0.3 is 4.90 Å². The Morgan fingerprint density at radius 2 is 2.10 bits per heavy atom. The number of hydrazine groups is 1. The average Bonchev–Trinajstić information content (AvgIpc) is 3.06. The SMILES string of the molecule is Cc1ccsc1-c1cnc(CNN2CCN(C)CC2)s1. The standard InChI is InChI=1S/C14H20N4S2/c1-11-3-8-19-14(11)12-9-15-13(20-12)10-16-18-6-4-17(2)5-7-18/h3,8-9,16H,4-7,10H2,1-2H3. The first-order valence-electron chi connectivity index (χ1n) is 6.88. The Bertz CT molecular complexity index is 555. The Morgan fingerprint density at radius 1 is 1.30 bits per heavy atom. The number of thiophene rings is 1. The Hall–Kier alpha value is -0.790. The smallest absolute Gasteiger partial charge is 0.108 e. The van der Waals surface area contributed by atoms with Crippen molar-refractivity contribution in [2.45, 2.75) is 13.5 Å². The van der Waals surface area contributed by atoms with E-state index in [1.165, 1.54) is 15.3 Å². The van der Waals surface area contributed by atoms with Gasteiger partial charge in [0.2, 0.25) is 0 Å². The number of rotatable bonds is 4. The first-order chi connectivity index (χ1) is 9.72. The van der Waals surface area contributed by atoms with E-state index in [1.54, 1.807) is 22.7 Å². The van der Waals surface area contributed by atoms with Gasteiger partial charge in [0.25, 0.3) is 0 Å². The fourth-order valence-electron chi connectivity index (χ4n) is 2.27. The zero-order chi connectivity index (χ0) is 13.9. The summed E-state index contributed by atoms with van der Waals surface area (Å²) in [6.45, 7) is 7.42. The van der Waals surface area contributed by atoms with Crippen molar-refractivity contribution in [2.75, 3.05) is 33.2 Å². The van der Waals surface area contributed by atoms with Gasteiger partial charge in [0.1, 0.15) is 5.01 Å². The van der Waals surface area contributed by atoms with Gasteiger partial charge in [0, 0.05) is 37.3 Å². The maximum absolute atomic E-state index is 4.54. The van der Waals surface area contributed by atoms with Gasteiger partial charge in [0.05, 0.1) is 11.4 Å². The van der Waals surface area contributed by atoms with E-state index in [0.29, 0.717) is 0 Å². The van der Waals surface area contributed by atoms with Gasteiger partial charge in [-0.3, -0.25) is 0 Å². The summed E-state index contributed by atoms with van der Waals surface area (Å²) < 4.78 is 0. The van der Waals surface area contributed by atoms with Crippen LogP contribution in [-0.2, 0) is 6.54 Å². The first-order valence-corrected chi connectivity index (χ1v) is 8.58. The first kappa shape index (κ1) is 14.2. The average molecular weight is 308 g/mol. The summed E-state index contributed by atoms with van der Waals surface area (Å²) in [6.07, 6.45) is 2.00. The summed E-state index contributed by atoms with van der Waals surface area (Å²) in [6, 6.07) is 2.17. The number of nitrogens with one attached hydrogen (secondary N) is 1. The number of hydrogen-bond acceptors (Lipinski definition) is 6. The molecule has 0 spiro atoms. The van der Waals surface area contributed by atoms with Gasteiger partial charge in [-0.15, -0.1) is 22.7 Å². The minimum absolute atomic E-state index is 0.832. The number of hydrogen-bond donors (Lipinski definition) is 1. The summed E-state index contributed by atoms with van der Waals surface area (Å²) in [7, 11) is 2.17. The second kappa shape index (κ2) is 6.32. The van der Waals surface area contributed by atoms with Crippen LogP contribution >= 0.6 is 22.7 Å². The summed E-state index contributed by atoms with van der Waals surface area (Å²) in [5, 5.41) is 5.61. The molecule has 0 radical (unpaired) electrons. The molecular formula is C14H20N4S2. The zero-order valence-corrected chi connectivity index (χ0v) is 13.6. The van der Waals surface area contributed by atoms with E-state index < -0.39 is 0 Å². The lowest BCUT2D eigenvalue weighted by atomic mass is 10.3. The van der Waals surface area contributed by atoms with Gasteiger partial charge >= 0.3 is 0 Å². The lowest BCUT2D eigenvalue weighted by Crippen LogP contribution is -2.50. The van der Waals surface area contributed by atoms with Crippen molar-refractivity contribution in [3.63, 3.8) is 0 Å². The van der Waals surface area contributed by atoms with Crippen LogP contribution in [0.3, 0.4) is 0 Å². The van der Waals surface area contributed by atoms with Crippen molar-refractivity contribution >= 4 is 22.7 Å².